The number of hydrogen-bond acceptors (Lipinski definition) is 4. The first kappa shape index (κ1) is 18.3. The first-order chi connectivity index (χ1) is 11.0. The van der Waals surface area contributed by atoms with Gasteiger partial charge in [0.2, 0.25) is 0 Å². The van der Waals surface area contributed by atoms with E-state index in [2.05, 4.69) is 0 Å². The van der Waals surface area contributed by atoms with Crippen LogP contribution >= 0.6 is 0 Å². The van der Waals surface area contributed by atoms with Gasteiger partial charge in [0.05, 0.1) is 0 Å². The normalized spacial score (nSPS) is 22.5. The highest BCUT2D eigenvalue weighted by atomic mass is 16.2. The summed E-state index contributed by atoms with van der Waals surface area (Å²) in [4.78, 5) is 48.2. The first-order valence-electron chi connectivity index (χ1n) is 7.44. The van der Waals surface area contributed by atoms with E-state index in [1.165, 1.54) is 0 Å². The molecule has 0 aromatic carbocycles. The van der Waals surface area contributed by atoms with E-state index in [0.29, 0.717) is 5.57 Å². The van der Waals surface area contributed by atoms with Crippen LogP contribution in [-0.4, -0.2) is 41.2 Å². The SMILES string of the molecule is CC.C\C=C/C=C1/C(=O)N(C2C(=O)NC(=O)NC2=O)C/C1=C/C. The molecule has 2 aliphatic rings. The standard InChI is InChI=1S/C14H15N3O4.C2H6/c1-3-5-6-9-8(4-2)7-17(13(9)20)10-11(18)15-14(21)16-12(10)19;1-2/h3-6,10H,7H2,1-2H3,(H2,15,16,18,19,21);1-2H3/b5-3-,8-4-,9-6+;. The van der Waals surface area contributed by atoms with Gasteiger partial charge in [-0.05, 0) is 25.5 Å². The maximum absolute atomic E-state index is 12.4. The molecule has 0 aromatic heterocycles. The smallest absolute Gasteiger partial charge is 0.314 e. The monoisotopic (exact) mass is 319 g/mol. The van der Waals surface area contributed by atoms with Crippen molar-refractivity contribution in [3.05, 3.63) is 35.5 Å². The molecule has 0 bridgehead atoms. The van der Waals surface area contributed by atoms with Crippen molar-refractivity contribution in [2.24, 2.45) is 0 Å². The van der Waals surface area contributed by atoms with Gasteiger partial charge in [-0.2, -0.15) is 0 Å². The summed E-state index contributed by atoms with van der Waals surface area (Å²) in [5.74, 6) is -1.99. The molecule has 7 heteroatoms. The van der Waals surface area contributed by atoms with Crippen molar-refractivity contribution in [3.63, 3.8) is 0 Å². The van der Waals surface area contributed by atoms with Crippen LogP contribution in [0.15, 0.2) is 35.5 Å². The zero-order valence-electron chi connectivity index (χ0n) is 13.7. The average Bonchev–Trinajstić information content (AvgIpc) is 2.82. The first-order valence-corrected chi connectivity index (χ1v) is 7.44. The van der Waals surface area contributed by atoms with Gasteiger partial charge >= 0.3 is 6.03 Å². The second kappa shape index (κ2) is 8.07. The van der Waals surface area contributed by atoms with Gasteiger partial charge in [-0.15, -0.1) is 0 Å². The maximum Gasteiger partial charge on any atom is 0.328 e. The van der Waals surface area contributed by atoms with E-state index in [4.69, 9.17) is 0 Å². The maximum atomic E-state index is 12.4. The molecule has 7 nitrogen and oxygen atoms in total. The molecule has 0 saturated carbocycles. The Morgan fingerprint density at radius 1 is 1.04 bits per heavy atom. The van der Waals surface area contributed by atoms with Crippen LogP contribution in [0.3, 0.4) is 0 Å². The van der Waals surface area contributed by atoms with E-state index >= 15 is 0 Å². The van der Waals surface area contributed by atoms with Crippen molar-refractivity contribution in [1.82, 2.24) is 15.5 Å². The predicted molar refractivity (Wildman–Crippen MR) is 85.2 cm³/mol. The van der Waals surface area contributed by atoms with Gasteiger partial charge in [0, 0.05) is 12.1 Å². The fraction of sp³-hybridized carbons (Fsp3) is 0.375. The molecule has 0 unspecified atom stereocenters. The lowest BCUT2D eigenvalue weighted by molar-refractivity contribution is -0.144. The molecule has 0 aromatic rings. The van der Waals surface area contributed by atoms with E-state index in [-0.39, 0.29) is 6.54 Å². The Bertz CT molecular complexity index is 597. The number of likely N-dealkylation sites (tertiary alicyclic amines) is 1. The molecular weight excluding hydrogens is 298 g/mol. The zero-order chi connectivity index (χ0) is 17.6. The highest BCUT2D eigenvalue weighted by Crippen LogP contribution is 2.26. The molecule has 23 heavy (non-hydrogen) atoms. The van der Waals surface area contributed by atoms with Crippen molar-refractivity contribution >= 4 is 23.8 Å². The van der Waals surface area contributed by atoms with Gasteiger partial charge in [-0.25, -0.2) is 4.79 Å². The Labute approximate surface area is 135 Å². The van der Waals surface area contributed by atoms with E-state index in [1.807, 2.05) is 31.4 Å². The second-order valence-electron chi connectivity index (χ2n) is 4.56. The molecule has 2 fully saturated rings. The summed E-state index contributed by atoms with van der Waals surface area (Å²) in [7, 11) is 0. The quantitative estimate of drug-likeness (QED) is 0.587. The van der Waals surface area contributed by atoms with Crippen LogP contribution in [0.5, 0.6) is 0 Å². The third-order valence-corrected chi connectivity index (χ3v) is 3.26. The molecule has 2 heterocycles. The Morgan fingerprint density at radius 2 is 1.61 bits per heavy atom. The number of nitrogens with one attached hydrogen (secondary N) is 2. The third-order valence-electron chi connectivity index (χ3n) is 3.26. The molecule has 0 aliphatic carbocycles. The van der Waals surface area contributed by atoms with Crippen LogP contribution in [0, 0.1) is 0 Å². The minimum absolute atomic E-state index is 0.151. The van der Waals surface area contributed by atoms with Gasteiger partial charge in [0.1, 0.15) is 0 Å². The van der Waals surface area contributed by atoms with E-state index in [9.17, 15) is 19.2 Å². The van der Waals surface area contributed by atoms with Crippen LogP contribution < -0.4 is 10.6 Å². The largest absolute Gasteiger partial charge is 0.328 e. The average molecular weight is 319 g/mol. The van der Waals surface area contributed by atoms with E-state index < -0.39 is 29.8 Å². The number of amides is 5. The number of nitrogens with zero attached hydrogens (tertiary/aromatic N) is 1. The molecule has 5 amide bonds. The molecule has 124 valence electrons. The van der Waals surface area contributed by atoms with Crippen molar-refractivity contribution in [3.8, 4) is 0 Å². The Hall–Kier alpha value is -2.70. The molecule has 2 N–H and O–H groups in total. The van der Waals surface area contributed by atoms with Gasteiger partial charge in [-0.1, -0.05) is 32.1 Å². The lowest BCUT2D eigenvalue weighted by Gasteiger charge is -2.27. The van der Waals surface area contributed by atoms with Crippen molar-refractivity contribution in [2.75, 3.05) is 6.54 Å². The molecular formula is C16H21N3O4. The van der Waals surface area contributed by atoms with Gasteiger partial charge < -0.3 is 4.90 Å². The number of hydrogen-bond donors (Lipinski definition) is 2. The molecule has 2 saturated heterocycles. The number of imide groups is 2. The van der Waals surface area contributed by atoms with Crippen LogP contribution in [0.2, 0.25) is 0 Å². The number of carbonyl (C=O) groups is 4. The lowest BCUT2D eigenvalue weighted by Crippen LogP contribution is -2.64. The number of allylic oxidation sites excluding steroid dienone is 4. The summed E-state index contributed by atoms with van der Waals surface area (Å²) in [5, 5.41) is 3.98. The lowest BCUT2D eigenvalue weighted by atomic mass is 10.1. The van der Waals surface area contributed by atoms with Crippen LogP contribution in [0.1, 0.15) is 27.7 Å². The second-order valence-corrected chi connectivity index (χ2v) is 4.56. The number of barbiturate groups is 1. The Balaban J connectivity index is 0.00000127. The zero-order valence-corrected chi connectivity index (χ0v) is 13.7. The van der Waals surface area contributed by atoms with E-state index in [1.54, 1.807) is 31.2 Å². The fourth-order valence-electron chi connectivity index (χ4n) is 2.25. The highest BCUT2D eigenvalue weighted by Gasteiger charge is 2.45. The minimum Gasteiger partial charge on any atom is -0.314 e. The summed E-state index contributed by atoms with van der Waals surface area (Å²) in [5.41, 5.74) is 1.17. The van der Waals surface area contributed by atoms with Crippen LogP contribution in [0.4, 0.5) is 4.79 Å². The third kappa shape index (κ3) is 3.74. The van der Waals surface area contributed by atoms with Crippen LogP contribution in [-0.2, 0) is 14.4 Å². The summed E-state index contributed by atoms with van der Waals surface area (Å²) in [6.45, 7) is 7.75. The molecule has 0 radical (unpaired) electrons. The number of carbonyl (C=O) groups excluding carboxylic acids is 4. The molecule has 2 rings (SSSR count). The number of rotatable bonds is 2. The fourth-order valence-corrected chi connectivity index (χ4v) is 2.25. The topological polar surface area (TPSA) is 95.6 Å². The Kier molecular flexibility index (Phi) is 6.44. The van der Waals surface area contributed by atoms with Gasteiger partial charge in [-0.3, -0.25) is 25.0 Å². The Morgan fingerprint density at radius 3 is 2.09 bits per heavy atom. The predicted octanol–water partition coefficient (Wildman–Crippen LogP) is 1.04. The van der Waals surface area contributed by atoms with Crippen molar-refractivity contribution in [1.29, 1.82) is 0 Å². The van der Waals surface area contributed by atoms with Crippen LogP contribution in [0.25, 0.3) is 0 Å². The van der Waals surface area contributed by atoms with Crippen molar-refractivity contribution < 1.29 is 19.2 Å². The molecule has 0 spiro atoms. The molecule has 2 aliphatic heterocycles. The number of urea groups is 1. The van der Waals surface area contributed by atoms with Crippen molar-refractivity contribution in [2.45, 2.75) is 33.7 Å². The summed E-state index contributed by atoms with van der Waals surface area (Å²) >= 11 is 0. The summed E-state index contributed by atoms with van der Waals surface area (Å²) in [6, 6.07) is -2.20. The summed E-state index contributed by atoms with van der Waals surface area (Å²) in [6.07, 6.45) is 6.89. The van der Waals surface area contributed by atoms with E-state index in [0.717, 1.165) is 10.5 Å². The molecule has 0 atom stereocenters. The van der Waals surface area contributed by atoms with Gasteiger partial charge in [0.25, 0.3) is 17.7 Å². The highest BCUT2D eigenvalue weighted by molar-refractivity contribution is 6.21. The minimum atomic E-state index is -1.33. The van der Waals surface area contributed by atoms with Gasteiger partial charge in [0.15, 0.2) is 6.04 Å². The summed E-state index contributed by atoms with van der Waals surface area (Å²) < 4.78 is 0.